The Morgan fingerprint density at radius 1 is 1.08 bits per heavy atom. The van der Waals surface area contributed by atoms with Crippen LogP contribution in [0.25, 0.3) is 6.08 Å². The third kappa shape index (κ3) is 8.75. The van der Waals surface area contributed by atoms with E-state index in [-0.39, 0.29) is 17.7 Å². The lowest BCUT2D eigenvalue weighted by Crippen LogP contribution is -2.54. The molecule has 2 atom stereocenters. The van der Waals surface area contributed by atoms with Crippen molar-refractivity contribution >= 4 is 29.7 Å². The highest BCUT2D eigenvalue weighted by atomic mass is 16.6. The van der Waals surface area contributed by atoms with Crippen LogP contribution in [-0.2, 0) is 14.3 Å². The quantitative estimate of drug-likeness (QED) is 0.353. The molecule has 0 saturated carbocycles. The van der Waals surface area contributed by atoms with E-state index in [0.29, 0.717) is 24.2 Å². The first-order chi connectivity index (χ1) is 17.9. The van der Waals surface area contributed by atoms with Crippen molar-refractivity contribution in [2.75, 3.05) is 11.9 Å². The molecular formula is C31H43N3O4. The Balaban J connectivity index is 2.56. The topological polar surface area (TPSA) is 87.7 Å². The summed E-state index contributed by atoms with van der Waals surface area (Å²) < 4.78 is 5.43. The number of carbonyl (C=O) groups excluding carboxylic acids is 3. The van der Waals surface area contributed by atoms with E-state index in [1.54, 1.807) is 31.7 Å². The minimum atomic E-state index is -0.921. The molecule has 2 rings (SSSR count). The van der Waals surface area contributed by atoms with Crippen LogP contribution in [0.4, 0.5) is 10.5 Å². The molecule has 38 heavy (non-hydrogen) atoms. The van der Waals surface area contributed by atoms with Gasteiger partial charge in [0.1, 0.15) is 17.7 Å². The average Bonchev–Trinajstić information content (AvgIpc) is 2.84. The zero-order valence-electron chi connectivity index (χ0n) is 23.8. The second kappa shape index (κ2) is 13.8. The Hall–Kier alpha value is -3.61. The van der Waals surface area contributed by atoms with Crippen LogP contribution in [0.15, 0.2) is 55.1 Å². The molecule has 0 bridgehead atoms. The van der Waals surface area contributed by atoms with Crippen LogP contribution in [0.1, 0.15) is 77.1 Å². The third-order valence-corrected chi connectivity index (χ3v) is 6.07. The molecular weight excluding hydrogens is 478 g/mol. The number of ether oxygens (including phenoxy) is 1. The van der Waals surface area contributed by atoms with E-state index in [2.05, 4.69) is 17.2 Å². The lowest BCUT2D eigenvalue weighted by Gasteiger charge is -2.35. The van der Waals surface area contributed by atoms with Gasteiger partial charge in [-0.05, 0) is 68.9 Å². The number of hydrogen-bond acceptors (Lipinski definition) is 4. The predicted octanol–water partition coefficient (Wildman–Crippen LogP) is 6.50. The number of nitrogens with zero attached hydrogens (tertiary/aromatic N) is 1. The SMILES string of the molecule is C=Cc1cccc(C(C(=O)Nc2ccccc2C)N(CCCC)C(=O)C(NC(=O)OC(C)(C)C)C(C)C)c1. The molecule has 0 aliphatic heterocycles. The number of rotatable bonds is 11. The molecule has 0 aliphatic rings. The molecule has 2 N–H and O–H groups in total. The molecule has 2 unspecified atom stereocenters. The van der Waals surface area contributed by atoms with Gasteiger partial charge in [-0.25, -0.2) is 4.79 Å². The number of aryl methyl sites for hydroxylation is 1. The lowest BCUT2D eigenvalue weighted by atomic mass is 9.97. The number of unbranched alkanes of at least 4 members (excludes halogenated alkanes) is 1. The Morgan fingerprint density at radius 3 is 2.34 bits per heavy atom. The number of carbonyl (C=O) groups is 3. The third-order valence-electron chi connectivity index (χ3n) is 6.07. The van der Waals surface area contributed by atoms with Crippen molar-refractivity contribution in [3.63, 3.8) is 0 Å². The van der Waals surface area contributed by atoms with Crippen molar-refractivity contribution in [2.24, 2.45) is 5.92 Å². The number of amides is 3. The second-order valence-corrected chi connectivity index (χ2v) is 10.8. The van der Waals surface area contributed by atoms with Crippen LogP contribution in [0.3, 0.4) is 0 Å². The Morgan fingerprint density at radius 2 is 1.76 bits per heavy atom. The highest BCUT2D eigenvalue weighted by molar-refractivity contribution is 5.99. The molecule has 0 radical (unpaired) electrons. The van der Waals surface area contributed by atoms with Crippen LogP contribution in [0, 0.1) is 12.8 Å². The van der Waals surface area contributed by atoms with Crippen molar-refractivity contribution in [1.29, 1.82) is 0 Å². The number of anilines is 1. The van der Waals surface area contributed by atoms with E-state index in [0.717, 1.165) is 17.5 Å². The summed E-state index contributed by atoms with van der Waals surface area (Å²) in [5, 5.41) is 5.78. The van der Waals surface area contributed by atoms with Crippen LogP contribution in [0.2, 0.25) is 0 Å². The summed E-state index contributed by atoms with van der Waals surface area (Å²) in [6.45, 7) is 17.2. The first-order valence-corrected chi connectivity index (χ1v) is 13.3. The maximum atomic E-state index is 14.1. The number of alkyl carbamates (subject to hydrolysis) is 1. The van der Waals surface area contributed by atoms with Gasteiger partial charge in [0.05, 0.1) is 0 Å². The first-order valence-electron chi connectivity index (χ1n) is 13.3. The van der Waals surface area contributed by atoms with Gasteiger partial charge in [-0.2, -0.15) is 0 Å². The van der Waals surface area contributed by atoms with Gasteiger partial charge in [0.25, 0.3) is 5.91 Å². The Bertz CT molecular complexity index is 1120. The average molecular weight is 522 g/mol. The fraction of sp³-hybridized carbons (Fsp3) is 0.452. The van der Waals surface area contributed by atoms with Gasteiger partial charge in [-0.1, -0.05) is 76.2 Å². The summed E-state index contributed by atoms with van der Waals surface area (Å²) in [5.74, 6) is -0.906. The monoisotopic (exact) mass is 521 g/mol. The Labute approximate surface area is 227 Å². The van der Waals surface area contributed by atoms with Gasteiger partial charge in [0, 0.05) is 12.2 Å². The van der Waals surface area contributed by atoms with Crippen molar-refractivity contribution in [3.05, 3.63) is 71.8 Å². The first kappa shape index (κ1) is 30.6. The standard InChI is InChI=1S/C31H43N3O4/c1-9-11-19-34(29(36)26(21(3)4)33-30(37)38-31(6,7)8)27(24-17-14-16-23(10-2)20-24)28(35)32-25-18-13-12-15-22(25)5/h10,12-18,20-21,26-27H,2,9,11,19H2,1,3-8H3,(H,32,35)(H,33,37). The summed E-state index contributed by atoms with van der Waals surface area (Å²) in [4.78, 5) is 42.3. The van der Waals surface area contributed by atoms with Gasteiger partial charge >= 0.3 is 6.09 Å². The van der Waals surface area contributed by atoms with Crippen LogP contribution in [-0.4, -0.2) is 41.0 Å². The highest BCUT2D eigenvalue weighted by Gasteiger charge is 2.37. The van der Waals surface area contributed by atoms with Crippen LogP contribution < -0.4 is 10.6 Å². The summed E-state index contributed by atoms with van der Waals surface area (Å²) in [6, 6.07) is 13.2. The largest absolute Gasteiger partial charge is 0.444 e. The smallest absolute Gasteiger partial charge is 0.408 e. The van der Waals surface area contributed by atoms with E-state index in [9.17, 15) is 14.4 Å². The van der Waals surface area contributed by atoms with E-state index in [1.165, 1.54) is 0 Å². The predicted molar refractivity (Wildman–Crippen MR) is 154 cm³/mol. The van der Waals surface area contributed by atoms with Crippen molar-refractivity contribution in [3.8, 4) is 0 Å². The van der Waals surface area contributed by atoms with E-state index < -0.39 is 23.8 Å². The molecule has 2 aromatic rings. The summed E-state index contributed by atoms with van der Waals surface area (Å²) in [5.41, 5.74) is 2.39. The molecule has 0 spiro atoms. The van der Waals surface area contributed by atoms with Crippen molar-refractivity contribution in [2.45, 2.75) is 79.0 Å². The molecule has 0 fully saturated rings. The van der Waals surface area contributed by atoms with Gasteiger partial charge in [0.2, 0.25) is 5.91 Å². The minimum Gasteiger partial charge on any atom is -0.444 e. The van der Waals surface area contributed by atoms with Gasteiger partial charge in [0.15, 0.2) is 0 Å². The number of nitrogens with one attached hydrogen (secondary N) is 2. The normalized spacial score (nSPS) is 12.8. The van der Waals surface area contributed by atoms with E-state index in [4.69, 9.17) is 4.74 Å². The molecule has 2 aromatic carbocycles. The Kier molecular flexibility index (Phi) is 11.1. The summed E-state index contributed by atoms with van der Waals surface area (Å²) in [7, 11) is 0. The summed E-state index contributed by atoms with van der Waals surface area (Å²) >= 11 is 0. The number of para-hydroxylation sites is 1. The van der Waals surface area contributed by atoms with Gasteiger partial charge in [-0.15, -0.1) is 0 Å². The lowest BCUT2D eigenvalue weighted by molar-refractivity contribution is -0.141. The molecule has 0 aliphatic carbocycles. The van der Waals surface area contributed by atoms with Crippen LogP contribution >= 0.6 is 0 Å². The van der Waals surface area contributed by atoms with Crippen molar-refractivity contribution in [1.82, 2.24) is 10.2 Å². The van der Waals surface area contributed by atoms with Gasteiger partial charge in [-0.3, -0.25) is 9.59 Å². The summed E-state index contributed by atoms with van der Waals surface area (Å²) in [6.07, 6.45) is 2.56. The molecule has 7 nitrogen and oxygen atoms in total. The molecule has 0 aromatic heterocycles. The van der Waals surface area contributed by atoms with Crippen molar-refractivity contribution < 1.29 is 19.1 Å². The molecule has 3 amide bonds. The molecule has 206 valence electrons. The molecule has 0 saturated heterocycles. The van der Waals surface area contributed by atoms with Gasteiger partial charge < -0.3 is 20.3 Å². The number of benzene rings is 2. The number of hydrogen-bond donors (Lipinski definition) is 2. The fourth-order valence-corrected chi connectivity index (χ4v) is 4.06. The van der Waals surface area contributed by atoms with E-state index >= 15 is 0 Å². The highest BCUT2D eigenvalue weighted by Crippen LogP contribution is 2.27. The molecule has 7 heteroatoms. The minimum absolute atomic E-state index is 0.237. The zero-order chi connectivity index (χ0) is 28.5. The maximum absolute atomic E-state index is 14.1. The second-order valence-electron chi connectivity index (χ2n) is 10.8. The van der Waals surface area contributed by atoms with E-state index in [1.807, 2.05) is 76.2 Å². The maximum Gasteiger partial charge on any atom is 0.408 e. The zero-order valence-corrected chi connectivity index (χ0v) is 23.8. The fourth-order valence-electron chi connectivity index (χ4n) is 4.06. The molecule has 0 heterocycles. The van der Waals surface area contributed by atoms with Crippen LogP contribution in [0.5, 0.6) is 0 Å².